The number of benzene rings is 4. The number of amides is 2. The molecule has 56 heavy (non-hydrogen) atoms. The maximum Gasteiger partial charge on any atom is 0.244 e. The first-order valence-corrected chi connectivity index (χ1v) is 20.6. The smallest absolute Gasteiger partial charge is 0.244 e. The number of pyridine rings is 1. The van der Waals surface area contributed by atoms with E-state index in [4.69, 9.17) is 4.74 Å². The largest absolute Gasteiger partial charge is 0.490 e. The molecule has 1 aliphatic heterocycles. The minimum atomic E-state index is -0.777. The number of hydrogen-bond donors (Lipinski definition) is 2. The summed E-state index contributed by atoms with van der Waals surface area (Å²) in [7, 11) is 0. The highest BCUT2D eigenvalue weighted by molar-refractivity contribution is 5.88. The van der Waals surface area contributed by atoms with Crippen molar-refractivity contribution in [3.63, 3.8) is 0 Å². The first-order valence-electron chi connectivity index (χ1n) is 20.6. The van der Waals surface area contributed by atoms with Crippen molar-refractivity contribution < 1.29 is 19.4 Å². The van der Waals surface area contributed by atoms with Crippen molar-refractivity contribution in [3.8, 4) is 5.75 Å². The third-order valence-electron chi connectivity index (χ3n) is 10.9. The number of hydrogen-bond acceptors (Lipinski definition) is 6. The topological polar surface area (TPSA) is 95.0 Å². The Hall–Kier alpha value is -5.05. The summed E-state index contributed by atoms with van der Waals surface area (Å²) in [4.78, 5) is 36.5. The Morgan fingerprint density at radius 1 is 0.714 bits per heavy atom. The molecule has 4 aromatic carbocycles. The van der Waals surface area contributed by atoms with Gasteiger partial charge in [-0.05, 0) is 98.7 Å². The Morgan fingerprint density at radius 2 is 1.34 bits per heavy atom. The van der Waals surface area contributed by atoms with Crippen LogP contribution < -0.4 is 10.1 Å². The summed E-state index contributed by atoms with van der Waals surface area (Å²) >= 11 is 0. The number of nitrogens with one attached hydrogen (secondary N) is 1. The van der Waals surface area contributed by atoms with Crippen LogP contribution in [0.5, 0.6) is 5.75 Å². The molecule has 5 aromatic rings. The predicted octanol–water partition coefficient (Wildman–Crippen LogP) is 7.82. The van der Waals surface area contributed by atoms with Crippen molar-refractivity contribution >= 4 is 22.7 Å². The fraction of sp³-hybridized carbons (Fsp3) is 0.396. The molecule has 0 bridgehead atoms. The number of unbranched alkanes of at least 4 members (excludes halogenated alkanes) is 2. The molecule has 2 atom stereocenters. The monoisotopic (exact) mass is 754 g/mol. The average molecular weight is 755 g/mol. The summed E-state index contributed by atoms with van der Waals surface area (Å²) in [6, 6.07) is 40.4. The minimum Gasteiger partial charge on any atom is -0.490 e. The number of nitrogens with zero attached hydrogens (tertiary/aromatic N) is 3. The zero-order chi connectivity index (χ0) is 38.8. The van der Waals surface area contributed by atoms with Gasteiger partial charge in [0.25, 0.3) is 0 Å². The zero-order valence-electron chi connectivity index (χ0n) is 32.7. The van der Waals surface area contributed by atoms with Gasteiger partial charge in [-0.25, -0.2) is 0 Å². The molecule has 8 nitrogen and oxygen atoms in total. The number of aryl methyl sites for hydroxylation is 3. The maximum atomic E-state index is 14.4. The Bertz CT molecular complexity index is 1860. The fourth-order valence-electron chi connectivity index (χ4n) is 7.82. The van der Waals surface area contributed by atoms with Gasteiger partial charge in [-0.15, -0.1) is 0 Å². The van der Waals surface area contributed by atoms with Gasteiger partial charge in [-0.2, -0.15) is 0 Å². The Balaban J connectivity index is 1.08. The highest BCUT2D eigenvalue weighted by Gasteiger charge is 2.36. The van der Waals surface area contributed by atoms with Gasteiger partial charge >= 0.3 is 0 Å². The standard InChI is InChI=1S/C48H58N4O4/c53-42(37-56-46-30-15-29-44-43(46)28-16-32-49-44)35-51-33-34-52(47(54)31-12-4-11-19-38-17-5-1-6-18-38)45(36-51)48(55)50-41(26-13-24-39-20-7-2-8-21-39)27-14-25-40-22-9-3-10-23-40/h1-3,5-10,15-18,20-23,28-30,32,41-42,45,53H,4,11-14,19,24-27,31,33-37H2,(H,50,55)/t42-,45?/m1/s1. The molecule has 8 heteroatoms. The Morgan fingerprint density at radius 3 is 1.98 bits per heavy atom. The van der Waals surface area contributed by atoms with Crippen LogP contribution in [-0.4, -0.2) is 82.7 Å². The van der Waals surface area contributed by atoms with Gasteiger partial charge in [0.05, 0.1) is 5.52 Å². The lowest BCUT2D eigenvalue weighted by atomic mass is 9.98. The molecule has 1 unspecified atom stereocenters. The highest BCUT2D eigenvalue weighted by Crippen LogP contribution is 2.24. The maximum absolute atomic E-state index is 14.4. The lowest BCUT2D eigenvalue weighted by Gasteiger charge is -2.41. The molecule has 1 aromatic heterocycles. The van der Waals surface area contributed by atoms with E-state index in [0.29, 0.717) is 38.3 Å². The molecular weight excluding hydrogens is 697 g/mol. The molecule has 0 aliphatic carbocycles. The number of aliphatic hydroxyl groups excluding tert-OH is 1. The number of ether oxygens (including phenoxy) is 1. The van der Waals surface area contributed by atoms with E-state index in [1.807, 2.05) is 48.5 Å². The summed E-state index contributed by atoms with van der Waals surface area (Å²) in [6.45, 7) is 1.83. The minimum absolute atomic E-state index is 0.00517. The van der Waals surface area contributed by atoms with Gasteiger partial charge < -0.3 is 20.1 Å². The predicted molar refractivity (Wildman–Crippen MR) is 224 cm³/mol. The van der Waals surface area contributed by atoms with Crippen molar-refractivity contribution in [2.24, 2.45) is 0 Å². The number of carbonyl (C=O) groups is 2. The van der Waals surface area contributed by atoms with Crippen LogP contribution in [0, 0.1) is 0 Å². The van der Waals surface area contributed by atoms with Crippen LogP contribution in [0.15, 0.2) is 128 Å². The lowest BCUT2D eigenvalue weighted by Crippen LogP contribution is -2.62. The van der Waals surface area contributed by atoms with E-state index in [0.717, 1.165) is 75.1 Å². The number of rotatable bonds is 21. The number of piperazine rings is 1. The normalized spacial score (nSPS) is 15.2. The van der Waals surface area contributed by atoms with Crippen molar-refractivity contribution in [2.75, 3.05) is 32.8 Å². The average Bonchev–Trinajstić information content (AvgIpc) is 3.23. The molecule has 294 valence electrons. The van der Waals surface area contributed by atoms with E-state index < -0.39 is 12.1 Å². The van der Waals surface area contributed by atoms with E-state index in [-0.39, 0.29) is 24.5 Å². The number of fused-ring (bicyclic) bond motifs is 1. The number of aromatic nitrogens is 1. The van der Waals surface area contributed by atoms with Crippen LogP contribution in [-0.2, 0) is 28.9 Å². The third-order valence-corrected chi connectivity index (χ3v) is 10.9. The number of carbonyl (C=O) groups excluding carboxylic acids is 2. The molecule has 1 fully saturated rings. The molecule has 0 radical (unpaired) electrons. The van der Waals surface area contributed by atoms with Crippen LogP contribution >= 0.6 is 0 Å². The summed E-state index contributed by atoms with van der Waals surface area (Å²) in [5.41, 5.74) is 4.74. The highest BCUT2D eigenvalue weighted by atomic mass is 16.5. The van der Waals surface area contributed by atoms with Crippen LogP contribution in [0.1, 0.15) is 68.1 Å². The van der Waals surface area contributed by atoms with Gasteiger partial charge in [0.2, 0.25) is 11.8 Å². The van der Waals surface area contributed by atoms with Gasteiger partial charge in [-0.3, -0.25) is 19.5 Å². The zero-order valence-corrected chi connectivity index (χ0v) is 32.7. The summed E-state index contributed by atoms with van der Waals surface area (Å²) in [6.07, 6.45) is 10.7. The molecule has 2 amide bonds. The van der Waals surface area contributed by atoms with Crippen molar-refractivity contribution in [3.05, 3.63) is 144 Å². The third kappa shape index (κ3) is 12.8. The van der Waals surface area contributed by atoms with Gasteiger partial charge in [-0.1, -0.05) is 103 Å². The molecule has 2 N–H and O–H groups in total. The van der Waals surface area contributed by atoms with Crippen molar-refractivity contribution in [1.29, 1.82) is 0 Å². The fourth-order valence-corrected chi connectivity index (χ4v) is 7.82. The van der Waals surface area contributed by atoms with E-state index in [2.05, 4.69) is 88.0 Å². The van der Waals surface area contributed by atoms with Gasteiger partial charge in [0, 0.05) is 50.2 Å². The van der Waals surface area contributed by atoms with E-state index in [9.17, 15) is 14.7 Å². The second kappa shape index (κ2) is 21.9. The number of aliphatic hydroxyl groups is 1. The Labute approximate surface area is 332 Å². The quantitative estimate of drug-likeness (QED) is 0.0743. The van der Waals surface area contributed by atoms with Crippen LogP contribution in [0.2, 0.25) is 0 Å². The molecule has 1 aliphatic rings. The first-order chi connectivity index (χ1) is 27.5. The van der Waals surface area contributed by atoms with E-state index >= 15 is 0 Å². The van der Waals surface area contributed by atoms with Crippen molar-refractivity contribution in [1.82, 2.24) is 20.1 Å². The number of β-amino-alcohol motifs (C(OH)–C–C–N with tert-alkyl or cyclic N) is 1. The molecule has 2 heterocycles. The van der Waals surface area contributed by atoms with Gasteiger partial charge in [0.1, 0.15) is 24.5 Å². The van der Waals surface area contributed by atoms with Gasteiger partial charge in [0.15, 0.2) is 0 Å². The van der Waals surface area contributed by atoms with Crippen LogP contribution in [0.25, 0.3) is 10.9 Å². The van der Waals surface area contributed by atoms with E-state index in [1.165, 1.54) is 16.7 Å². The molecule has 1 saturated heterocycles. The summed E-state index contributed by atoms with van der Waals surface area (Å²) in [5, 5.41) is 15.5. The van der Waals surface area contributed by atoms with Crippen molar-refractivity contribution in [2.45, 2.75) is 88.8 Å². The molecular formula is C48H58N4O4. The SMILES string of the molecule is O=C(NC(CCCc1ccccc1)CCCc1ccccc1)C1CN(C[C@@H](O)COc2cccc3ncccc23)CCN1C(=O)CCCCCc1ccccc1. The van der Waals surface area contributed by atoms with Crippen LogP contribution in [0.3, 0.4) is 0 Å². The molecule has 6 rings (SSSR count). The van der Waals surface area contributed by atoms with Crippen LogP contribution in [0.4, 0.5) is 0 Å². The Kier molecular flexibility index (Phi) is 15.9. The lowest BCUT2D eigenvalue weighted by molar-refractivity contribution is -0.145. The second-order valence-corrected chi connectivity index (χ2v) is 15.2. The molecule has 0 saturated carbocycles. The summed E-state index contributed by atoms with van der Waals surface area (Å²) < 4.78 is 6.08. The molecule has 0 spiro atoms. The first kappa shape index (κ1) is 40.6. The second-order valence-electron chi connectivity index (χ2n) is 15.2. The summed E-state index contributed by atoms with van der Waals surface area (Å²) in [5.74, 6) is 0.602. The van der Waals surface area contributed by atoms with E-state index in [1.54, 1.807) is 11.1 Å².